The second kappa shape index (κ2) is 11.1. The van der Waals surface area contributed by atoms with Crippen LogP contribution in [0.1, 0.15) is 28.7 Å². The molecular formula is C25H22F3N3O3. The van der Waals surface area contributed by atoms with Crippen molar-refractivity contribution in [2.45, 2.75) is 26.1 Å². The third kappa shape index (κ3) is 7.77. The summed E-state index contributed by atoms with van der Waals surface area (Å²) in [6.07, 6.45) is -3.73. The van der Waals surface area contributed by atoms with Crippen LogP contribution in [0, 0.1) is 6.92 Å². The molecule has 3 rings (SSSR count). The Bertz CT molecular complexity index is 1160. The molecule has 34 heavy (non-hydrogen) atoms. The van der Waals surface area contributed by atoms with Crippen LogP contribution in [0.5, 0.6) is 5.75 Å². The molecule has 0 unspecified atom stereocenters. The van der Waals surface area contributed by atoms with E-state index in [0.717, 1.165) is 17.7 Å². The molecule has 3 aromatic rings. The number of alkyl halides is 3. The van der Waals surface area contributed by atoms with Gasteiger partial charge in [0, 0.05) is 5.69 Å². The summed E-state index contributed by atoms with van der Waals surface area (Å²) in [5.41, 5.74) is 4.18. The highest BCUT2D eigenvalue weighted by Crippen LogP contribution is 2.30. The first-order chi connectivity index (χ1) is 16.2. The van der Waals surface area contributed by atoms with Gasteiger partial charge in [-0.3, -0.25) is 9.59 Å². The average molecular weight is 469 g/mol. The fraction of sp³-hybridized carbons (Fsp3) is 0.160. The minimum absolute atomic E-state index is 0.0548. The number of aryl methyl sites for hydroxylation is 1. The minimum atomic E-state index is -4.53. The SMILES string of the molecule is Cc1ccc(COc2ccc(C=NNC(=O)CC(=O)Nc3cccc(C(F)(F)F)c3)cc2)cc1. The molecule has 9 heteroatoms. The number of halogens is 3. The number of rotatable bonds is 8. The number of carbonyl (C=O) groups excluding carboxylic acids is 2. The van der Waals surface area contributed by atoms with Crippen LogP contribution in [-0.2, 0) is 22.4 Å². The minimum Gasteiger partial charge on any atom is -0.489 e. The summed E-state index contributed by atoms with van der Waals surface area (Å²) >= 11 is 0. The number of amides is 2. The molecule has 0 saturated heterocycles. The van der Waals surface area contributed by atoms with E-state index in [0.29, 0.717) is 17.9 Å². The number of nitrogens with one attached hydrogen (secondary N) is 2. The number of hydrogen-bond donors (Lipinski definition) is 2. The quantitative estimate of drug-likeness (QED) is 0.275. The molecular weight excluding hydrogens is 447 g/mol. The number of anilines is 1. The van der Waals surface area contributed by atoms with Gasteiger partial charge in [-0.15, -0.1) is 0 Å². The smallest absolute Gasteiger partial charge is 0.416 e. The van der Waals surface area contributed by atoms with E-state index in [4.69, 9.17) is 4.74 Å². The molecule has 2 amide bonds. The van der Waals surface area contributed by atoms with Crippen LogP contribution in [0.15, 0.2) is 77.9 Å². The van der Waals surface area contributed by atoms with Gasteiger partial charge in [0.05, 0.1) is 11.8 Å². The molecule has 0 aliphatic carbocycles. The van der Waals surface area contributed by atoms with E-state index in [1.54, 1.807) is 24.3 Å². The summed E-state index contributed by atoms with van der Waals surface area (Å²) in [7, 11) is 0. The first kappa shape index (κ1) is 24.5. The highest BCUT2D eigenvalue weighted by atomic mass is 19.4. The van der Waals surface area contributed by atoms with Gasteiger partial charge in [-0.25, -0.2) is 5.43 Å². The predicted octanol–water partition coefficient (Wildman–Crippen LogP) is 5.07. The van der Waals surface area contributed by atoms with Gasteiger partial charge in [0.15, 0.2) is 0 Å². The highest BCUT2D eigenvalue weighted by Gasteiger charge is 2.30. The van der Waals surface area contributed by atoms with Gasteiger partial charge >= 0.3 is 6.18 Å². The second-order valence-electron chi connectivity index (χ2n) is 7.44. The maximum atomic E-state index is 12.7. The van der Waals surface area contributed by atoms with Crippen LogP contribution in [0.4, 0.5) is 18.9 Å². The van der Waals surface area contributed by atoms with E-state index in [1.165, 1.54) is 23.9 Å². The Balaban J connectivity index is 1.43. The van der Waals surface area contributed by atoms with Crippen molar-refractivity contribution in [3.05, 3.63) is 95.1 Å². The standard InChI is InChI=1S/C25H22F3N3O3/c1-17-5-7-19(8-6-17)16-34-22-11-9-18(10-12-22)15-29-31-24(33)14-23(32)30-21-4-2-3-20(13-21)25(26,27)28/h2-13,15H,14,16H2,1H3,(H,30,32)(H,31,33). The normalized spacial score (nSPS) is 11.3. The van der Waals surface area contributed by atoms with Crippen LogP contribution in [-0.4, -0.2) is 18.0 Å². The Labute approximate surface area is 194 Å². The van der Waals surface area contributed by atoms with Crippen molar-refractivity contribution in [3.63, 3.8) is 0 Å². The molecule has 6 nitrogen and oxygen atoms in total. The van der Waals surface area contributed by atoms with E-state index < -0.39 is 30.0 Å². The van der Waals surface area contributed by atoms with Gasteiger partial charge < -0.3 is 10.1 Å². The molecule has 0 fully saturated rings. The van der Waals surface area contributed by atoms with Gasteiger partial charge in [0.1, 0.15) is 18.8 Å². The first-order valence-corrected chi connectivity index (χ1v) is 10.3. The number of carbonyl (C=O) groups is 2. The average Bonchev–Trinajstić information content (AvgIpc) is 2.79. The molecule has 176 valence electrons. The summed E-state index contributed by atoms with van der Waals surface area (Å²) in [5.74, 6) is -0.797. The molecule has 0 saturated carbocycles. The van der Waals surface area contributed by atoms with Gasteiger partial charge in [-0.05, 0) is 60.5 Å². The van der Waals surface area contributed by atoms with Crippen molar-refractivity contribution >= 4 is 23.7 Å². The van der Waals surface area contributed by atoms with Crippen LogP contribution in [0.2, 0.25) is 0 Å². The van der Waals surface area contributed by atoms with E-state index in [1.807, 2.05) is 31.2 Å². The lowest BCUT2D eigenvalue weighted by Gasteiger charge is -2.09. The fourth-order valence-electron chi connectivity index (χ4n) is 2.84. The van der Waals surface area contributed by atoms with E-state index in [-0.39, 0.29) is 5.69 Å². The summed E-state index contributed by atoms with van der Waals surface area (Å²) in [6.45, 7) is 2.45. The lowest BCUT2D eigenvalue weighted by molar-refractivity contribution is -0.137. The number of hydrazone groups is 1. The second-order valence-corrected chi connectivity index (χ2v) is 7.44. The lowest BCUT2D eigenvalue weighted by Crippen LogP contribution is -2.24. The zero-order chi connectivity index (χ0) is 24.6. The van der Waals surface area contributed by atoms with E-state index in [9.17, 15) is 22.8 Å². The van der Waals surface area contributed by atoms with Gasteiger partial charge in [-0.2, -0.15) is 18.3 Å². The Morgan fingerprint density at radius 1 is 0.971 bits per heavy atom. The van der Waals surface area contributed by atoms with Crippen LogP contribution >= 0.6 is 0 Å². The van der Waals surface area contributed by atoms with Gasteiger partial charge in [0.25, 0.3) is 0 Å². The Morgan fingerprint density at radius 3 is 2.35 bits per heavy atom. The monoisotopic (exact) mass is 469 g/mol. The maximum absolute atomic E-state index is 12.7. The molecule has 0 aliphatic heterocycles. The Morgan fingerprint density at radius 2 is 1.68 bits per heavy atom. The molecule has 0 atom stereocenters. The third-order valence-electron chi connectivity index (χ3n) is 4.60. The van der Waals surface area contributed by atoms with Crippen molar-refractivity contribution in [3.8, 4) is 5.75 Å². The summed E-state index contributed by atoms with van der Waals surface area (Å²) in [4.78, 5) is 23.8. The number of nitrogens with zero attached hydrogens (tertiary/aromatic N) is 1. The van der Waals surface area contributed by atoms with Crippen molar-refractivity contribution in [1.29, 1.82) is 0 Å². The number of hydrogen-bond acceptors (Lipinski definition) is 4. The van der Waals surface area contributed by atoms with E-state index >= 15 is 0 Å². The summed E-state index contributed by atoms with van der Waals surface area (Å²) in [6, 6.07) is 19.2. The molecule has 0 aliphatic rings. The number of benzene rings is 3. The molecule has 0 spiro atoms. The first-order valence-electron chi connectivity index (χ1n) is 10.3. The van der Waals surface area contributed by atoms with Crippen molar-refractivity contribution in [2.24, 2.45) is 5.10 Å². The Hall–Kier alpha value is -4.14. The lowest BCUT2D eigenvalue weighted by atomic mass is 10.2. The highest BCUT2D eigenvalue weighted by molar-refractivity contribution is 6.03. The summed E-state index contributed by atoms with van der Waals surface area (Å²) < 4.78 is 43.9. The van der Waals surface area contributed by atoms with Crippen LogP contribution in [0.3, 0.4) is 0 Å². The molecule has 3 aromatic carbocycles. The predicted molar refractivity (Wildman–Crippen MR) is 122 cm³/mol. The summed E-state index contributed by atoms with van der Waals surface area (Å²) in [5, 5.41) is 6.05. The Kier molecular flexibility index (Phi) is 8.02. The molecule has 0 aromatic heterocycles. The van der Waals surface area contributed by atoms with Crippen LogP contribution < -0.4 is 15.5 Å². The van der Waals surface area contributed by atoms with Gasteiger partial charge in [0.2, 0.25) is 11.8 Å². The molecule has 0 radical (unpaired) electrons. The molecule has 0 bridgehead atoms. The number of ether oxygens (including phenoxy) is 1. The van der Waals surface area contributed by atoms with Crippen molar-refractivity contribution in [2.75, 3.05) is 5.32 Å². The zero-order valence-electron chi connectivity index (χ0n) is 18.2. The maximum Gasteiger partial charge on any atom is 0.416 e. The van der Waals surface area contributed by atoms with Gasteiger partial charge in [-0.1, -0.05) is 35.9 Å². The third-order valence-corrected chi connectivity index (χ3v) is 4.60. The zero-order valence-corrected chi connectivity index (χ0v) is 18.2. The molecule has 0 heterocycles. The molecule has 2 N–H and O–H groups in total. The fourth-order valence-corrected chi connectivity index (χ4v) is 2.84. The van der Waals surface area contributed by atoms with Crippen molar-refractivity contribution < 1.29 is 27.5 Å². The largest absolute Gasteiger partial charge is 0.489 e. The van der Waals surface area contributed by atoms with Crippen molar-refractivity contribution in [1.82, 2.24) is 5.43 Å². The van der Waals surface area contributed by atoms with Crippen LogP contribution in [0.25, 0.3) is 0 Å². The topological polar surface area (TPSA) is 79.8 Å². The van der Waals surface area contributed by atoms with E-state index in [2.05, 4.69) is 15.8 Å².